The number of phenolic OH excluding ortho intramolecular Hbond substituents is 1. The van der Waals surface area contributed by atoms with Crippen LogP contribution in [0.15, 0.2) is 35.3 Å². The van der Waals surface area contributed by atoms with Crippen LogP contribution >= 0.6 is 0 Å². The number of phenols is 1. The Morgan fingerprint density at radius 2 is 1.89 bits per heavy atom. The van der Waals surface area contributed by atoms with Crippen LogP contribution in [0.4, 0.5) is 19.0 Å². The van der Waals surface area contributed by atoms with Gasteiger partial charge in [-0.25, -0.2) is 13.2 Å². The highest BCUT2D eigenvalue weighted by atomic mass is 19.1. The number of allylic oxidation sites excluding steroid dienone is 3. The monoisotopic (exact) mass is 733 g/mol. The lowest BCUT2D eigenvalue weighted by molar-refractivity contribution is -0.0123. The minimum absolute atomic E-state index is 0.00689. The van der Waals surface area contributed by atoms with Gasteiger partial charge in [0.25, 0.3) is 0 Å². The minimum atomic E-state index is -1.22. The summed E-state index contributed by atoms with van der Waals surface area (Å²) in [5, 5.41) is 23.3. The average Bonchev–Trinajstić information content (AvgIpc) is 3.91. The molecule has 3 fully saturated rings. The van der Waals surface area contributed by atoms with Crippen molar-refractivity contribution in [3.63, 3.8) is 0 Å². The van der Waals surface area contributed by atoms with E-state index in [0.717, 1.165) is 19.4 Å². The van der Waals surface area contributed by atoms with E-state index >= 15 is 8.78 Å². The van der Waals surface area contributed by atoms with E-state index in [4.69, 9.17) is 24.4 Å². The lowest BCUT2D eigenvalue weighted by atomic mass is 9.81. The zero-order chi connectivity index (χ0) is 37.7. The Kier molecular flexibility index (Phi) is 10.3. The molecule has 7 rings (SSSR count). The molecule has 0 amide bonds. The highest BCUT2D eigenvalue weighted by Gasteiger charge is 2.46. The molecule has 4 aliphatic rings. The minimum Gasteiger partial charge on any atom is -0.508 e. The third kappa shape index (κ3) is 7.55. The van der Waals surface area contributed by atoms with E-state index in [1.165, 1.54) is 12.1 Å². The molecule has 3 aromatic rings. The van der Waals surface area contributed by atoms with Crippen molar-refractivity contribution in [2.45, 2.75) is 84.5 Å². The van der Waals surface area contributed by atoms with Gasteiger partial charge in [0, 0.05) is 48.8 Å². The zero-order valence-electron chi connectivity index (χ0n) is 31.3. The summed E-state index contributed by atoms with van der Waals surface area (Å²) in [6, 6.07) is 5.70. The summed E-state index contributed by atoms with van der Waals surface area (Å²) in [5.74, 6) is -0.838. The number of nitrogens with zero attached hydrogens (tertiary/aromatic N) is 5. The Bertz CT molecular complexity index is 1980. The number of halogens is 3. The number of anilines is 1. The molecule has 1 aromatic heterocycles. The van der Waals surface area contributed by atoms with E-state index in [1.807, 2.05) is 38.7 Å². The molecule has 1 saturated carbocycles. The van der Waals surface area contributed by atoms with Crippen LogP contribution in [0.5, 0.6) is 11.8 Å². The van der Waals surface area contributed by atoms with Gasteiger partial charge in [0.1, 0.15) is 34.9 Å². The number of aryl methyl sites for hydroxylation is 1. The first-order chi connectivity index (χ1) is 25.3. The van der Waals surface area contributed by atoms with Gasteiger partial charge in [0.2, 0.25) is 0 Å². The van der Waals surface area contributed by atoms with Crippen molar-refractivity contribution in [2.24, 2.45) is 10.4 Å². The lowest BCUT2D eigenvalue weighted by Crippen LogP contribution is -2.43. The second-order valence-electron chi connectivity index (χ2n) is 15.7. The van der Waals surface area contributed by atoms with Crippen molar-refractivity contribution in [2.75, 3.05) is 57.4 Å². The van der Waals surface area contributed by atoms with Crippen molar-refractivity contribution in [1.82, 2.24) is 14.9 Å². The molecule has 0 radical (unpaired) electrons. The number of hydrogen-bond acceptors (Lipinski definition) is 9. The molecule has 1 atom stereocenters. The smallest absolute Gasteiger partial charge is 0.319 e. The van der Waals surface area contributed by atoms with E-state index in [1.54, 1.807) is 19.1 Å². The number of fused-ring (bicyclic) bond motifs is 2. The third-order valence-corrected chi connectivity index (χ3v) is 10.8. The van der Waals surface area contributed by atoms with E-state index in [-0.39, 0.29) is 47.6 Å². The summed E-state index contributed by atoms with van der Waals surface area (Å²) in [7, 11) is 0. The summed E-state index contributed by atoms with van der Waals surface area (Å²) in [6.07, 6.45) is 4.39. The molecule has 2 aromatic carbocycles. The SMILES string of the molecule is C/C=C1\C(=NC(C)C)C(c2cc(O)cc3ccc(F)c(CC)c23)=C(F)c2nc(OCC3(CN4CCC(F)CC4)CC3)nc(N3CCOCC(C)(O)C3)c21. The van der Waals surface area contributed by atoms with Crippen LogP contribution in [0.3, 0.4) is 0 Å². The normalized spacial score (nSPS) is 24.0. The number of ether oxygens (including phenoxy) is 2. The van der Waals surface area contributed by atoms with Gasteiger partial charge in [-0.15, -0.1) is 0 Å². The second-order valence-corrected chi connectivity index (χ2v) is 15.7. The standard InChI is InChI=1S/C41H50F3N5O4/c1-6-28-31(43)9-8-25-18-27(50)19-30(32(25)28)33-35(44)37-34(29(7-2)36(33)45-24(3)4)38(49-16-17-52-22-40(5,51)20-49)47-39(46-37)53-23-41(12-13-41)21-48-14-10-26(42)11-15-48/h7-9,18-19,24,26,50-51H,6,10-17,20-23H2,1-5H3/b29-7-,45-36?. The van der Waals surface area contributed by atoms with Crippen LogP contribution < -0.4 is 9.64 Å². The molecular formula is C41H50F3N5O4. The third-order valence-electron chi connectivity index (χ3n) is 10.8. The molecule has 1 unspecified atom stereocenters. The topological polar surface area (TPSA) is 104 Å². The van der Waals surface area contributed by atoms with Crippen molar-refractivity contribution in [3.8, 4) is 11.8 Å². The van der Waals surface area contributed by atoms with Gasteiger partial charge in [0.15, 0.2) is 5.83 Å². The van der Waals surface area contributed by atoms with Gasteiger partial charge in [0.05, 0.1) is 37.6 Å². The molecule has 9 nitrogen and oxygen atoms in total. The molecule has 284 valence electrons. The van der Waals surface area contributed by atoms with Gasteiger partial charge in [-0.05, 0) is 99.9 Å². The van der Waals surface area contributed by atoms with Crippen LogP contribution in [-0.4, -0.2) is 101 Å². The Labute approximate surface area is 309 Å². The summed E-state index contributed by atoms with van der Waals surface area (Å²) in [4.78, 5) is 18.9. The maximum Gasteiger partial charge on any atom is 0.319 e. The number of alkyl halides is 1. The maximum atomic E-state index is 17.8. The number of aromatic hydroxyl groups is 1. The van der Waals surface area contributed by atoms with Crippen LogP contribution in [0.2, 0.25) is 0 Å². The predicted octanol–water partition coefficient (Wildman–Crippen LogP) is 7.32. The van der Waals surface area contributed by atoms with Gasteiger partial charge in [-0.2, -0.15) is 9.97 Å². The Morgan fingerprint density at radius 1 is 1.13 bits per heavy atom. The largest absolute Gasteiger partial charge is 0.508 e. The second kappa shape index (κ2) is 14.7. The Balaban J connectivity index is 1.42. The first kappa shape index (κ1) is 37.3. The molecular weight excluding hydrogens is 683 g/mol. The molecule has 2 aliphatic heterocycles. The number of β-amino-alcohol motifs (C(OH)–C–C–N with tert-alkyl or cyclic N) is 1. The van der Waals surface area contributed by atoms with Crippen molar-refractivity contribution in [1.29, 1.82) is 0 Å². The molecule has 0 bridgehead atoms. The molecule has 2 N–H and O–H groups in total. The summed E-state index contributed by atoms with van der Waals surface area (Å²) in [5.41, 5.74) is 0.738. The van der Waals surface area contributed by atoms with Crippen LogP contribution in [0.1, 0.15) is 82.7 Å². The summed E-state index contributed by atoms with van der Waals surface area (Å²) >= 11 is 0. The van der Waals surface area contributed by atoms with Crippen LogP contribution in [0.25, 0.3) is 27.7 Å². The Hall–Kier alpha value is -4.00. The first-order valence-corrected chi connectivity index (χ1v) is 18.9. The maximum absolute atomic E-state index is 17.8. The fourth-order valence-electron chi connectivity index (χ4n) is 8.03. The number of piperidine rings is 1. The predicted molar refractivity (Wildman–Crippen MR) is 203 cm³/mol. The molecule has 3 heterocycles. The number of likely N-dealkylation sites (tertiary alicyclic amines) is 1. The summed E-state index contributed by atoms with van der Waals surface area (Å²) in [6.45, 7) is 12.6. The number of benzene rings is 2. The van der Waals surface area contributed by atoms with Gasteiger partial charge < -0.3 is 29.5 Å². The van der Waals surface area contributed by atoms with Crippen LogP contribution in [-0.2, 0) is 11.2 Å². The van der Waals surface area contributed by atoms with E-state index in [2.05, 4.69) is 4.90 Å². The number of aromatic nitrogens is 2. The zero-order valence-corrected chi connectivity index (χ0v) is 31.3. The van der Waals surface area contributed by atoms with Crippen molar-refractivity contribution < 1.29 is 32.9 Å². The van der Waals surface area contributed by atoms with E-state index in [9.17, 15) is 14.6 Å². The molecule has 0 spiro atoms. The van der Waals surface area contributed by atoms with Gasteiger partial charge in [-0.3, -0.25) is 4.99 Å². The van der Waals surface area contributed by atoms with Crippen molar-refractivity contribution in [3.05, 3.63) is 58.5 Å². The van der Waals surface area contributed by atoms with Gasteiger partial charge in [-0.1, -0.05) is 19.1 Å². The van der Waals surface area contributed by atoms with Crippen molar-refractivity contribution >= 4 is 39.3 Å². The average molecular weight is 734 g/mol. The Morgan fingerprint density at radius 3 is 2.57 bits per heavy atom. The fraction of sp³-hybridized carbons (Fsp3) is 0.537. The number of hydrogen-bond donors (Lipinski definition) is 2. The number of aliphatic hydroxyl groups is 1. The molecule has 2 saturated heterocycles. The first-order valence-electron chi connectivity index (χ1n) is 18.9. The number of aliphatic imine (C=N–C) groups is 1. The number of rotatable bonds is 9. The quantitative estimate of drug-likeness (QED) is 0.236. The molecule has 2 aliphatic carbocycles. The lowest BCUT2D eigenvalue weighted by Gasteiger charge is -2.33. The van der Waals surface area contributed by atoms with E-state index < -0.39 is 23.4 Å². The van der Waals surface area contributed by atoms with E-state index in [0.29, 0.717) is 96.7 Å². The van der Waals surface area contributed by atoms with Crippen LogP contribution in [0, 0.1) is 11.2 Å². The highest BCUT2D eigenvalue weighted by Crippen LogP contribution is 2.49. The molecule has 53 heavy (non-hydrogen) atoms. The fourth-order valence-corrected chi connectivity index (χ4v) is 8.03. The van der Waals surface area contributed by atoms with Gasteiger partial charge >= 0.3 is 6.01 Å². The summed E-state index contributed by atoms with van der Waals surface area (Å²) < 4.78 is 59.3. The molecule has 12 heteroatoms. The highest BCUT2D eigenvalue weighted by molar-refractivity contribution is 6.51.